The molecule has 140 valence electrons. The quantitative estimate of drug-likeness (QED) is 0.575. The summed E-state index contributed by atoms with van der Waals surface area (Å²) >= 11 is 6.27. The third-order valence-corrected chi connectivity index (χ3v) is 4.21. The van der Waals surface area contributed by atoms with Gasteiger partial charge in [0.2, 0.25) is 0 Å². The van der Waals surface area contributed by atoms with Crippen molar-refractivity contribution in [2.45, 2.75) is 13.0 Å². The zero-order valence-corrected chi connectivity index (χ0v) is 16.5. The van der Waals surface area contributed by atoms with Gasteiger partial charge in [-0.1, -0.05) is 23.7 Å². The summed E-state index contributed by atoms with van der Waals surface area (Å²) in [7, 11) is 7.33. The number of hydrogen-bond donors (Lipinski definition) is 2. The maximum Gasteiger partial charge on any atom is 0.191 e. The summed E-state index contributed by atoms with van der Waals surface area (Å²) in [5, 5.41) is 7.28. The topological polar surface area (TPSA) is 61.8 Å². The third kappa shape index (κ3) is 5.81. The number of halogens is 1. The Morgan fingerprint density at radius 3 is 2.69 bits per heavy atom. The Morgan fingerprint density at radius 1 is 1.23 bits per heavy atom. The lowest BCUT2D eigenvalue weighted by Crippen LogP contribution is -2.38. The highest BCUT2D eigenvalue weighted by Gasteiger charge is 2.04. The SMILES string of the molecule is CN=C(NCCc1ccc(OC)cc1Cl)NCc1cccc(N(C)C)n1. The van der Waals surface area contributed by atoms with Crippen molar-refractivity contribution < 1.29 is 4.74 Å². The van der Waals surface area contributed by atoms with Crippen LogP contribution in [0.25, 0.3) is 0 Å². The average Bonchev–Trinajstić information content (AvgIpc) is 2.65. The summed E-state index contributed by atoms with van der Waals surface area (Å²) in [6.07, 6.45) is 0.790. The van der Waals surface area contributed by atoms with E-state index in [-0.39, 0.29) is 0 Å². The van der Waals surface area contributed by atoms with E-state index in [1.807, 2.05) is 55.4 Å². The van der Waals surface area contributed by atoms with Crippen molar-refractivity contribution in [2.24, 2.45) is 4.99 Å². The minimum atomic E-state index is 0.602. The van der Waals surface area contributed by atoms with Crippen LogP contribution in [0.2, 0.25) is 5.02 Å². The van der Waals surface area contributed by atoms with Gasteiger partial charge in [-0.2, -0.15) is 0 Å². The van der Waals surface area contributed by atoms with Crippen LogP contribution >= 0.6 is 11.6 Å². The molecular formula is C19H26ClN5O. The molecule has 7 heteroatoms. The Kier molecular flexibility index (Phi) is 7.53. The standard InChI is InChI=1S/C19H26ClN5O/c1-21-19(23-13-15-6-5-7-18(24-15)25(2)3)22-11-10-14-8-9-16(26-4)12-17(14)20/h5-9,12H,10-11,13H2,1-4H3,(H2,21,22,23). The number of methoxy groups -OCH3 is 1. The second kappa shape index (κ2) is 9.87. The number of nitrogens with zero attached hydrogens (tertiary/aromatic N) is 3. The monoisotopic (exact) mass is 375 g/mol. The molecule has 0 saturated carbocycles. The summed E-state index contributed by atoms with van der Waals surface area (Å²) in [5.41, 5.74) is 2.02. The Labute approximate surface area is 160 Å². The Morgan fingerprint density at radius 2 is 2.04 bits per heavy atom. The first-order chi connectivity index (χ1) is 12.5. The number of nitrogens with one attached hydrogen (secondary N) is 2. The van der Waals surface area contributed by atoms with Gasteiger partial charge in [-0.25, -0.2) is 4.98 Å². The molecule has 1 aromatic heterocycles. The molecule has 6 nitrogen and oxygen atoms in total. The summed E-state index contributed by atoms with van der Waals surface area (Å²) in [4.78, 5) is 10.8. The van der Waals surface area contributed by atoms with Gasteiger partial charge < -0.3 is 20.3 Å². The van der Waals surface area contributed by atoms with Crippen molar-refractivity contribution in [3.05, 3.63) is 52.7 Å². The lowest BCUT2D eigenvalue weighted by atomic mass is 10.1. The highest BCUT2D eigenvalue weighted by Crippen LogP contribution is 2.22. The number of aromatic nitrogens is 1. The fourth-order valence-electron chi connectivity index (χ4n) is 2.38. The van der Waals surface area contributed by atoms with Gasteiger partial charge >= 0.3 is 0 Å². The van der Waals surface area contributed by atoms with Crippen molar-refractivity contribution in [1.82, 2.24) is 15.6 Å². The van der Waals surface area contributed by atoms with E-state index in [9.17, 15) is 0 Å². The fraction of sp³-hybridized carbons (Fsp3) is 0.368. The fourth-order valence-corrected chi connectivity index (χ4v) is 2.65. The van der Waals surface area contributed by atoms with E-state index in [0.717, 1.165) is 41.7 Å². The second-order valence-electron chi connectivity index (χ2n) is 5.94. The van der Waals surface area contributed by atoms with Gasteiger partial charge in [-0.3, -0.25) is 4.99 Å². The first-order valence-electron chi connectivity index (χ1n) is 8.43. The number of pyridine rings is 1. The Balaban J connectivity index is 1.84. The predicted octanol–water partition coefficient (Wildman–Crippen LogP) is 2.72. The molecule has 26 heavy (non-hydrogen) atoms. The minimum absolute atomic E-state index is 0.602. The van der Waals surface area contributed by atoms with Gasteiger partial charge in [0.25, 0.3) is 0 Å². The van der Waals surface area contributed by atoms with Gasteiger partial charge in [0, 0.05) is 32.7 Å². The number of aliphatic imine (C=N–C) groups is 1. The molecule has 0 spiro atoms. The van der Waals surface area contributed by atoms with Crippen LogP contribution in [-0.4, -0.2) is 45.7 Å². The molecule has 0 atom stereocenters. The highest BCUT2D eigenvalue weighted by atomic mass is 35.5. The van der Waals surface area contributed by atoms with Crippen molar-refractivity contribution >= 4 is 23.4 Å². The molecule has 0 saturated heterocycles. The number of hydrogen-bond acceptors (Lipinski definition) is 4. The van der Waals surface area contributed by atoms with E-state index in [0.29, 0.717) is 11.6 Å². The summed E-state index contributed by atoms with van der Waals surface area (Å²) in [5.74, 6) is 2.42. The van der Waals surface area contributed by atoms with E-state index < -0.39 is 0 Å². The van der Waals surface area contributed by atoms with E-state index in [2.05, 4.69) is 20.6 Å². The lowest BCUT2D eigenvalue weighted by molar-refractivity contribution is 0.414. The summed E-state index contributed by atoms with van der Waals surface area (Å²) < 4.78 is 5.17. The number of ether oxygens (including phenoxy) is 1. The van der Waals surface area contributed by atoms with E-state index >= 15 is 0 Å². The zero-order chi connectivity index (χ0) is 18.9. The van der Waals surface area contributed by atoms with E-state index in [4.69, 9.17) is 16.3 Å². The second-order valence-corrected chi connectivity index (χ2v) is 6.35. The van der Waals surface area contributed by atoms with Crippen molar-refractivity contribution in [3.63, 3.8) is 0 Å². The molecule has 0 aliphatic carbocycles. The van der Waals surface area contributed by atoms with Gasteiger partial charge in [0.1, 0.15) is 11.6 Å². The van der Waals surface area contributed by atoms with E-state index in [1.54, 1.807) is 14.2 Å². The molecule has 0 unspecified atom stereocenters. The van der Waals surface area contributed by atoms with Crippen LogP contribution < -0.4 is 20.3 Å². The Hall–Kier alpha value is -2.47. The zero-order valence-electron chi connectivity index (χ0n) is 15.7. The average molecular weight is 376 g/mol. The van der Waals surface area contributed by atoms with Gasteiger partial charge in [0.05, 0.1) is 19.3 Å². The van der Waals surface area contributed by atoms with Crippen LogP contribution in [-0.2, 0) is 13.0 Å². The molecule has 0 aliphatic heterocycles. The van der Waals surface area contributed by atoms with Gasteiger partial charge in [0.15, 0.2) is 5.96 Å². The molecular weight excluding hydrogens is 350 g/mol. The predicted molar refractivity (Wildman–Crippen MR) is 108 cm³/mol. The number of rotatable bonds is 7. The first-order valence-corrected chi connectivity index (χ1v) is 8.81. The number of anilines is 1. The van der Waals surface area contributed by atoms with Crippen LogP contribution in [0.5, 0.6) is 5.75 Å². The van der Waals surface area contributed by atoms with Crippen LogP contribution in [0.1, 0.15) is 11.3 Å². The molecule has 1 heterocycles. The van der Waals surface area contributed by atoms with Crippen LogP contribution in [0.15, 0.2) is 41.4 Å². The lowest BCUT2D eigenvalue weighted by Gasteiger charge is -2.14. The normalized spacial score (nSPS) is 11.2. The van der Waals surface area contributed by atoms with E-state index in [1.165, 1.54) is 0 Å². The largest absolute Gasteiger partial charge is 0.497 e. The van der Waals surface area contributed by atoms with Gasteiger partial charge in [-0.15, -0.1) is 0 Å². The van der Waals surface area contributed by atoms with Crippen LogP contribution in [0.3, 0.4) is 0 Å². The summed E-state index contributed by atoms with van der Waals surface area (Å²) in [6, 6.07) is 11.7. The van der Waals surface area contributed by atoms with Crippen molar-refractivity contribution in [1.29, 1.82) is 0 Å². The summed E-state index contributed by atoms with van der Waals surface area (Å²) in [6.45, 7) is 1.32. The van der Waals surface area contributed by atoms with Crippen LogP contribution in [0, 0.1) is 0 Å². The first kappa shape index (κ1) is 19.8. The Bertz CT molecular complexity index is 748. The molecule has 0 radical (unpaired) electrons. The molecule has 0 aliphatic rings. The molecule has 0 fully saturated rings. The number of guanidine groups is 1. The molecule has 0 amide bonds. The van der Waals surface area contributed by atoms with Crippen molar-refractivity contribution in [2.75, 3.05) is 39.7 Å². The molecule has 2 aromatic rings. The van der Waals surface area contributed by atoms with Crippen LogP contribution in [0.4, 0.5) is 5.82 Å². The molecule has 0 bridgehead atoms. The smallest absolute Gasteiger partial charge is 0.191 e. The molecule has 2 N–H and O–H groups in total. The molecule has 1 aromatic carbocycles. The maximum absolute atomic E-state index is 6.27. The molecule has 2 rings (SSSR count). The maximum atomic E-state index is 6.27. The minimum Gasteiger partial charge on any atom is -0.497 e. The number of benzene rings is 1. The highest BCUT2D eigenvalue weighted by molar-refractivity contribution is 6.31. The van der Waals surface area contributed by atoms with Crippen molar-refractivity contribution in [3.8, 4) is 5.75 Å². The van der Waals surface area contributed by atoms with Gasteiger partial charge in [-0.05, 0) is 36.2 Å². The third-order valence-electron chi connectivity index (χ3n) is 3.86.